The number of methoxy groups -OCH3 is 1. The van der Waals surface area contributed by atoms with Crippen LogP contribution in [0.2, 0.25) is 0 Å². The molecule has 0 aliphatic carbocycles. The Morgan fingerprint density at radius 3 is 2.59 bits per heavy atom. The number of benzene rings is 2. The predicted molar refractivity (Wildman–Crippen MR) is 134 cm³/mol. The number of para-hydroxylation sites is 1. The van der Waals surface area contributed by atoms with Crippen LogP contribution in [0, 0.1) is 0 Å². The first-order chi connectivity index (χ1) is 16.5. The quantitative estimate of drug-likeness (QED) is 0.315. The topological polar surface area (TPSA) is 98.1 Å². The molecule has 1 unspecified atom stereocenters. The predicted octanol–water partition coefficient (Wildman–Crippen LogP) is 4.26. The summed E-state index contributed by atoms with van der Waals surface area (Å²) in [5.41, 5.74) is 2.42. The lowest BCUT2D eigenvalue weighted by Gasteiger charge is -2.15. The molecule has 2 aromatic carbocycles. The molecule has 2 amide bonds. The first kappa shape index (κ1) is 25.0. The molecular formula is C25H29N5O3S. The Labute approximate surface area is 203 Å². The standard InChI is InChI=1S/C25H29N5O3S/c1-5-15-30-23(17(3)26-24(32)19-11-13-20(33-4)14-12-19)28-29-25(30)34-16-22(31)27-21-10-8-7-9-18(21)6-2/h5,7-14,17H,1,6,15-16H2,2-4H3,(H,26,32)(H,27,31). The second-order valence-corrected chi connectivity index (χ2v) is 8.45. The Hall–Kier alpha value is -3.59. The maximum Gasteiger partial charge on any atom is 0.251 e. The molecule has 2 N–H and O–H groups in total. The normalized spacial score (nSPS) is 11.5. The fourth-order valence-corrected chi connectivity index (χ4v) is 4.14. The van der Waals surface area contributed by atoms with E-state index in [-0.39, 0.29) is 17.6 Å². The molecular weight excluding hydrogens is 450 g/mol. The fraction of sp³-hybridized carbons (Fsp3) is 0.280. The molecule has 1 aromatic heterocycles. The Morgan fingerprint density at radius 1 is 1.18 bits per heavy atom. The number of aromatic nitrogens is 3. The molecule has 0 fully saturated rings. The van der Waals surface area contributed by atoms with Crippen molar-refractivity contribution in [2.24, 2.45) is 0 Å². The molecule has 1 heterocycles. The maximum absolute atomic E-state index is 12.7. The third-order valence-corrected chi connectivity index (χ3v) is 6.12. The number of nitrogens with zero attached hydrogens (tertiary/aromatic N) is 3. The first-order valence-electron chi connectivity index (χ1n) is 11.0. The van der Waals surface area contributed by atoms with Crippen LogP contribution in [0.1, 0.15) is 41.6 Å². The van der Waals surface area contributed by atoms with Crippen LogP contribution in [0.3, 0.4) is 0 Å². The molecule has 0 saturated heterocycles. The van der Waals surface area contributed by atoms with Crippen LogP contribution in [0.15, 0.2) is 66.3 Å². The molecule has 0 spiro atoms. The van der Waals surface area contributed by atoms with Crippen molar-refractivity contribution in [2.75, 3.05) is 18.2 Å². The van der Waals surface area contributed by atoms with Crippen molar-refractivity contribution in [2.45, 2.75) is 38.0 Å². The van der Waals surface area contributed by atoms with E-state index in [1.54, 1.807) is 37.5 Å². The van der Waals surface area contributed by atoms with Crippen LogP contribution in [0.4, 0.5) is 5.69 Å². The number of thioether (sulfide) groups is 1. The van der Waals surface area contributed by atoms with Crippen LogP contribution >= 0.6 is 11.8 Å². The zero-order valence-corrected chi connectivity index (χ0v) is 20.4. The number of anilines is 1. The minimum Gasteiger partial charge on any atom is -0.497 e. The molecule has 178 valence electrons. The van der Waals surface area contributed by atoms with E-state index in [0.717, 1.165) is 17.7 Å². The summed E-state index contributed by atoms with van der Waals surface area (Å²) in [6.45, 7) is 8.15. The number of amides is 2. The number of carbonyl (C=O) groups is 2. The monoisotopic (exact) mass is 479 g/mol. The van der Waals surface area contributed by atoms with E-state index in [2.05, 4.69) is 27.4 Å². The summed E-state index contributed by atoms with van der Waals surface area (Å²) in [5.74, 6) is 1.09. The number of ether oxygens (including phenoxy) is 1. The van der Waals surface area contributed by atoms with E-state index in [1.807, 2.05) is 42.7 Å². The molecule has 34 heavy (non-hydrogen) atoms. The average molecular weight is 480 g/mol. The third-order valence-electron chi connectivity index (χ3n) is 5.15. The third kappa shape index (κ3) is 6.26. The van der Waals surface area contributed by atoms with E-state index < -0.39 is 6.04 Å². The highest BCUT2D eigenvalue weighted by molar-refractivity contribution is 7.99. The summed E-state index contributed by atoms with van der Waals surface area (Å²) in [7, 11) is 1.58. The summed E-state index contributed by atoms with van der Waals surface area (Å²) >= 11 is 1.29. The highest BCUT2D eigenvalue weighted by Crippen LogP contribution is 2.22. The summed E-state index contributed by atoms with van der Waals surface area (Å²) < 4.78 is 6.99. The lowest BCUT2D eigenvalue weighted by atomic mass is 10.1. The zero-order chi connectivity index (χ0) is 24.5. The summed E-state index contributed by atoms with van der Waals surface area (Å²) in [5, 5.41) is 15.0. The number of hydrogen-bond donors (Lipinski definition) is 2. The van der Waals surface area contributed by atoms with Crippen molar-refractivity contribution in [3.05, 3.63) is 78.1 Å². The van der Waals surface area contributed by atoms with E-state index >= 15 is 0 Å². The highest BCUT2D eigenvalue weighted by Gasteiger charge is 2.20. The Kier molecular flexibility index (Phi) is 8.86. The number of carbonyl (C=O) groups excluding carboxylic acids is 2. The highest BCUT2D eigenvalue weighted by atomic mass is 32.2. The van der Waals surface area contributed by atoms with Gasteiger partial charge in [0.2, 0.25) is 5.91 Å². The van der Waals surface area contributed by atoms with Crippen LogP contribution in [0.5, 0.6) is 5.75 Å². The fourth-order valence-electron chi connectivity index (χ4n) is 3.38. The SMILES string of the molecule is C=CCn1c(SCC(=O)Nc2ccccc2CC)nnc1C(C)NC(=O)c1ccc(OC)cc1. The molecule has 0 aliphatic heterocycles. The minimum atomic E-state index is -0.401. The van der Waals surface area contributed by atoms with Crippen LogP contribution < -0.4 is 15.4 Å². The Bertz CT molecular complexity index is 1140. The van der Waals surface area contributed by atoms with Crippen molar-refractivity contribution in [1.29, 1.82) is 0 Å². The largest absolute Gasteiger partial charge is 0.497 e. The van der Waals surface area contributed by atoms with Crippen LogP contribution in [-0.4, -0.2) is 39.4 Å². The molecule has 0 radical (unpaired) electrons. The maximum atomic E-state index is 12.7. The number of nitrogens with one attached hydrogen (secondary N) is 2. The van der Waals surface area contributed by atoms with Gasteiger partial charge in [-0.3, -0.25) is 9.59 Å². The van der Waals surface area contributed by atoms with Crippen LogP contribution in [-0.2, 0) is 17.8 Å². The van der Waals surface area contributed by atoms with Gasteiger partial charge >= 0.3 is 0 Å². The molecule has 0 bridgehead atoms. The molecule has 9 heteroatoms. The van der Waals surface area contributed by atoms with Crippen molar-refractivity contribution in [3.63, 3.8) is 0 Å². The van der Waals surface area contributed by atoms with Gasteiger partial charge in [0.05, 0.1) is 18.9 Å². The Morgan fingerprint density at radius 2 is 1.91 bits per heavy atom. The van der Waals surface area contributed by atoms with Crippen LogP contribution in [0.25, 0.3) is 0 Å². The van der Waals surface area contributed by atoms with Crippen molar-refractivity contribution >= 4 is 29.3 Å². The van der Waals surface area contributed by atoms with Gasteiger partial charge in [-0.15, -0.1) is 16.8 Å². The lowest BCUT2D eigenvalue weighted by Crippen LogP contribution is -2.28. The lowest BCUT2D eigenvalue weighted by molar-refractivity contribution is -0.113. The molecule has 1 atom stereocenters. The van der Waals surface area contributed by atoms with E-state index in [4.69, 9.17) is 4.74 Å². The van der Waals surface area contributed by atoms with E-state index in [0.29, 0.717) is 28.8 Å². The number of allylic oxidation sites excluding steroid dienone is 1. The van der Waals surface area contributed by atoms with Gasteiger partial charge in [-0.1, -0.05) is 43.0 Å². The smallest absolute Gasteiger partial charge is 0.251 e. The molecule has 0 aliphatic rings. The first-order valence-corrected chi connectivity index (χ1v) is 11.9. The number of rotatable bonds is 11. The van der Waals surface area contributed by atoms with Gasteiger partial charge in [-0.2, -0.15) is 0 Å². The van der Waals surface area contributed by atoms with Gasteiger partial charge in [-0.25, -0.2) is 0 Å². The zero-order valence-electron chi connectivity index (χ0n) is 19.6. The minimum absolute atomic E-state index is 0.124. The molecule has 3 rings (SSSR count). The van der Waals surface area contributed by atoms with E-state index in [9.17, 15) is 9.59 Å². The van der Waals surface area contributed by atoms with Crippen molar-refractivity contribution in [3.8, 4) is 5.75 Å². The molecule has 8 nitrogen and oxygen atoms in total. The summed E-state index contributed by atoms with van der Waals surface area (Å²) in [4.78, 5) is 25.2. The second-order valence-electron chi connectivity index (χ2n) is 7.51. The van der Waals surface area contributed by atoms with Gasteiger partial charge in [0, 0.05) is 17.8 Å². The van der Waals surface area contributed by atoms with Gasteiger partial charge in [-0.05, 0) is 49.2 Å². The van der Waals surface area contributed by atoms with Gasteiger partial charge in [0.1, 0.15) is 5.75 Å². The summed E-state index contributed by atoms with van der Waals surface area (Å²) in [6, 6.07) is 14.2. The second kappa shape index (κ2) is 12.0. The summed E-state index contributed by atoms with van der Waals surface area (Å²) in [6.07, 6.45) is 2.56. The average Bonchev–Trinajstić information content (AvgIpc) is 3.26. The number of hydrogen-bond acceptors (Lipinski definition) is 6. The van der Waals surface area contributed by atoms with Gasteiger partial charge in [0.15, 0.2) is 11.0 Å². The van der Waals surface area contributed by atoms with Crippen molar-refractivity contribution < 1.29 is 14.3 Å². The molecule has 0 saturated carbocycles. The van der Waals surface area contributed by atoms with Gasteiger partial charge < -0.3 is 19.9 Å². The Balaban J connectivity index is 1.66. The molecule has 3 aromatic rings. The van der Waals surface area contributed by atoms with Crippen molar-refractivity contribution in [1.82, 2.24) is 20.1 Å². The van der Waals surface area contributed by atoms with Gasteiger partial charge in [0.25, 0.3) is 5.91 Å². The van der Waals surface area contributed by atoms with E-state index in [1.165, 1.54) is 11.8 Å². The number of aryl methyl sites for hydroxylation is 1.